The molecule has 1 N–H and O–H groups in total. The fourth-order valence-corrected chi connectivity index (χ4v) is 6.92. The van der Waals surface area contributed by atoms with Gasteiger partial charge in [0.15, 0.2) is 5.82 Å². The zero-order valence-corrected chi connectivity index (χ0v) is 24.6. The van der Waals surface area contributed by atoms with E-state index in [1.807, 2.05) is 36.0 Å². The second-order valence-electron chi connectivity index (χ2n) is 11.0. The minimum atomic E-state index is -3.05. The lowest BCUT2D eigenvalue weighted by Gasteiger charge is -2.48. The van der Waals surface area contributed by atoms with Crippen molar-refractivity contribution in [3.63, 3.8) is 0 Å². The summed E-state index contributed by atoms with van der Waals surface area (Å²) in [7, 11) is -1.42. The molecule has 216 valence electrons. The van der Waals surface area contributed by atoms with Gasteiger partial charge in [0.25, 0.3) is 0 Å². The zero-order valence-electron chi connectivity index (χ0n) is 23.7. The molecule has 2 fully saturated rings. The molecule has 4 aromatic rings. The molecule has 2 aliphatic rings. The van der Waals surface area contributed by atoms with Crippen LogP contribution in [-0.4, -0.2) is 84.1 Å². The molecule has 0 radical (unpaired) electrons. The summed E-state index contributed by atoms with van der Waals surface area (Å²) < 4.78 is 36.9. The summed E-state index contributed by atoms with van der Waals surface area (Å²) in [5, 5.41) is 9.28. The van der Waals surface area contributed by atoms with Crippen molar-refractivity contribution >= 4 is 32.2 Å². The van der Waals surface area contributed by atoms with Gasteiger partial charge in [-0.05, 0) is 38.8 Å². The first-order valence-corrected chi connectivity index (χ1v) is 15.9. The minimum Gasteiger partial charge on any atom is -0.496 e. The zero-order chi connectivity index (χ0) is 28.7. The van der Waals surface area contributed by atoms with Gasteiger partial charge in [-0.25, -0.2) is 18.1 Å². The molecule has 0 aromatic carbocycles. The standard InChI is InChI=1S/C29H35N7O4S/c1-18-23-15-31-36(26(23)13-25(32-18)24-14-30-8-5-27(24)39-3)29-12-22(35-16-20(19(35)2)17-41(4,37)38)11-28(34-29)33-21-6-9-40-10-7-21/h5,8,11-15,19-21H,6-7,9-10,16-17H2,1-4H3,(H,33,34)/t19-,20-/m1/s1. The van der Waals surface area contributed by atoms with E-state index in [1.165, 1.54) is 6.26 Å². The number of aromatic nitrogens is 5. The third kappa shape index (κ3) is 5.58. The quantitative estimate of drug-likeness (QED) is 0.332. The van der Waals surface area contributed by atoms with Crippen LogP contribution in [0.1, 0.15) is 25.5 Å². The van der Waals surface area contributed by atoms with E-state index < -0.39 is 9.84 Å². The van der Waals surface area contributed by atoms with Crippen molar-refractivity contribution in [3.8, 4) is 22.8 Å². The van der Waals surface area contributed by atoms with Gasteiger partial charge in [0, 0.05) is 85.3 Å². The number of methoxy groups -OCH3 is 1. The Morgan fingerprint density at radius 1 is 1.15 bits per heavy atom. The van der Waals surface area contributed by atoms with Crippen LogP contribution < -0.4 is 15.0 Å². The first-order chi connectivity index (χ1) is 19.7. The molecule has 11 nitrogen and oxygen atoms in total. The Hall–Kier alpha value is -3.77. The summed E-state index contributed by atoms with van der Waals surface area (Å²) >= 11 is 0. The molecule has 0 bridgehead atoms. The predicted molar refractivity (Wildman–Crippen MR) is 159 cm³/mol. The maximum atomic E-state index is 12.0. The molecule has 0 saturated carbocycles. The van der Waals surface area contributed by atoms with Crippen LogP contribution in [0.15, 0.2) is 42.9 Å². The van der Waals surface area contributed by atoms with Gasteiger partial charge in [0.05, 0.1) is 35.8 Å². The number of anilines is 2. The summed E-state index contributed by atoms with van der Waals surface area (Å²) in [5.41, 5.74) is 4.21. The number of ether oxygens (including phenoxy) is 2. The van der Waals surface area contributed by atoms with Crippen LogP contribution in [0.4, 0.5) is 11.5 Å². The predicted octanol–water partition coefficient (Wildman–Crippen LogP) is 3.65. The second-order valence-corrected chi connectivity index (χ2v) is 13.2. The van der Waals surface area contributed by atoms with Crippen molar-refractivity contribution in [2.45, 2.75) is 38.8 Å². The highest BCUT2D eigenvalue weighted by Crippen LogP contribution is 2.36. The van der Waals surface area contributed by atoms with Gasteiger partial charge >= 0.3 is 0 Å². The van der Waals surface area contributed by atoms with E-state index in [0.717, 1.165) is 65.4 Å². The third-order valence-electron chi connectivity index (χ3n) is 8.08. The Labute approximate surface area is 239 Å². The number of sulfone groups is 1. The summed E-state index contributed by atoms with van der Waals surface area (Å²) in [6.45, 7) is 6.15. The maximum absolute atomic E-state index is 12.0. The fourth-order valence-electron chi connectivity index (χ4n) is 5.76. The topological polar surface area (TPSA) is 124 Å². The third-order valence-corrected chi connectivity index (χ3v) is 9.11. The second kappa shape index (κ2) is 10.9. The van der Waals surface area contributed by atoms with Gasteiger partial charge in [0.1, 0.15) is 21.4 Å². The van der Waals surface area contributed by atoms with Crippen molar-refractivity contribution in [1.82, 2.24) is 24.7 Å². The number of hydrogen-bond donors (Lipinski definition) is 1. The molecular formula is C29H35N7O4S. The molecule has 0 aliphatic carbocycles. The average molecular weight is 578 g/mol. The molecule has 6 heterocycles. The lowest BCUT2D eigenvalue weighted by molar-refractivity contribution is 0.0904. The van der Waals surface area contributed by atoms with E-state index in [-0.39, 0.29) is 23.8 Å². The molecule has 41 heavy (non-hydrogen) atoms. The van der Waals surface area contributed by atoms with Gasteiger partial charge < -0.3 is 19.7 Å². The summed E-state index contributed by atoms with van der Waals surface area (Å²) in [5.74, 6) is 2.39. The van der Waals surface area contributed by atoms with E-state index in [9.17, 15) is 8.42 Å². The smallest absolute Gasteiger partial charge is 0.158 e. The van der Waals surface area contributed by atoms with E-state index in [0.29, 0.717) is 18.1 Å². The number of pyridine rings is 3. The molecule has 2 saturated heterocycles. The monoisotopic (exact) mass is 577 g/mol. The fraction of sp³-hybridized carbons (Fsp3) is 0.448. The minimum absolute atomic E-state index is 0.0846. The van der Waals surface area contributed by atoms with Crippen LogP contribution in [0.5, 0.6) is 5.75 Å². The van der Waals surface area contributed by atoms with Crippen LogP contribution in [0.25, 0.3) is 28.0 Å². The number of nitrogens with zero attached hydrogens (tertiary/aromatic N) is 6. The molecule has 2 atom stereocenters. The van der Waals surface area contributed by atoms with Crippen LogP contribution in [0, 0.1) is 12.8 Å². The number of nitrogens with one attached hydrogen (secondary N) is 1. The molecular weight excluding hydrogens is 542 g/mol. The SMILES string of the molecule is COc1ccncc1-c1cc2c(cnn2-c2cc(N3C[C@H](CS(C)(=O)=O)[C@H]3C)cc(NC3CCOCC3)n2)c(C)n1. The number of fused-ring (bicyclic) bond motifs is 1. The van der Waals surface area contributed by atoms with E-state index in [1.54, 1.807) is 19.5 Å². The number of rotatable bonds is 8. The average Bonchev–Trinajstić information content (AvgIpc) is 3.39. The summed E-state index contributed by atoms with van der Waals surface area (Å²) in [4.78, 5) is 16.3. The lowest BCUT2D eigenvalue weighted by Crippen LogP contribution is -2.57. The molecule has 0 amide bonds. The molecule has 12 heteroatoms. The van der Waals surface area contributed by atoms with Crippen LogP contribution >= 0.6 is 0 Å². The first-order valence-electron chi connectivity index (χ1n) is 13.8. The van der Waals surface area contributed by atoms with Crippen LogP contribution in [0.2, 0.25) is 0 Å². The van der Waals surface area contributed by atoms with E-state index >= 15 is 0 Å². The van der Waals surface area contributed by atoms with Crippen LogP contribution in [-0.2, 0) is 14.6 Å². The highest BCUT2D eigenvalue weighted by Gasteiger charge is 2.38. The van der Waals surface area contributed by atoms with E-state index in [2.05, 4.69) is 28.2 Å². The molecule has 0 spiro atoms. The van der Waals surface area contributed by atoms with Gasteiger partial charge in [-0.2, -0.15) is 5.10 Å². The van der Waals surface area contributed by atoms with Crippen molar-refractivity contribution in [3.05, 3.63) is 48.5 Å². The van der Waals surface area contributed by atoms with Crippen molar-refractivity contribution < 1.29 is 17.9 Å². The normalized spacial score (nSPS) is 19.8. The molecule has 4 aromatic heterocycles. The summed E-state index contributed by atoms with van der Waals surface area (Å²) in [6.07, 6.45) is 8.37. The van der Waals surface area contributed by atoms with Crippen LogP contribution in [0.3, 0.4) is 0 Å². The number of aryl methyl sites for hydroxylation is 1. The molecule has 2 aliphatic heterocycles. The Bertz CT molecular complexity index is 1680. The molecule has 6 rings (SSSR count). The lowest BCUT2D eigenvalue weighted by atomic mass is 9.91. The van der Waals surface area contributed by atoms with Gasteiger partial charge in [0.2, 0.25) is 0 Å². The first kappa shape index (κ1) is 27.4. The van der Waals surface area contributed by atoms with Crippen molar-refractivity contribution in [1.29, 1.82) is 0 Å². The Morgan fingerprint density at radius 2 is 1.95 bits per heavy atom. The van der Waals surface area contributed by atoms with Crippen molar-refractivity contribution in [2.24, 2.45) is 5.92 Å². The number of hydrogen-bond acceptors (Lipinski definition) is 10. The van der Waals surface area contributed by atoms with Crippen molar-refractivity contribution in [2.75, 3.05) is 49.1 Å². The largest absolute Gasteiger partial charge is 0.496 e. The molecule has 0 unspecified atom stereocenters. The Kier molecular flexibility index (Phi) is 7.28. The van der Waals surface area contributed by atoms with Gasteiger partial charge in [-0.1, -0.05) is 0 Å². The highest BCUT2D eigenvalue weighted by atomic mass is 32.2. The van der Waals surface area contributed by atoms with E-state index in [4.69, 9.17) is 24.5 Å². The maximum Gasteiger partial charge on any atom is 0.158 e. The highest BCUT2D eigenvalue weighted by molar-refractivity contribution is 7.90. The van der Waals surface area contributed by atoms with Gasteiger partial charge in [-0.3, -0.25) is 9.97 Å². The summed E-state index contributed by atoms with van der Waals surface area (Å²) in [6, 6.07) is 8.23. The Balaban J connectivity index is 1.42. The Morgan fingerprint density at radius 3 is 2.68 bits per heavy atom. The van der Waals surface area contributed by atoms with Gasteiger partial charge in [-0.15, -0.1) is 0 Å².